The van der Waals surface area contributed by atoms with Gasteiger partial charge in [-0.2, -0.15) is 17.5 Å². The van der Waals surface area contributed by atoms with E-state index in [1.165, 1.54) is 12.1 Å². The summed E-state index contributed by atoms with van der Waals surface area (Å²) in [5.74, 6) is -0.469. The van der Waals surface area contributed by atoms with E-state index in [2.05, 4.69) is 22.2 Å². The highest BCUT2D eigenvalue weighted by atomic mass is 32.2. The van der Waals surface area contributed by atoms with Gasteiger partial charge in [-0.3, -0.25) is 9.79 Å². The third-order valence-electron chi connectivity index (χ3n) is 5.96. The molecule has 0 fully saturated rings. The van der Waals surface area contributed by atoms with Crippen molar-refractivity contribution in [2.75, 3.05) is 13.1 Å². The number of nitrogens with zero attached hydrogens (tertiary/aromatic N) is 2. The van der Waals surface area contributed by atoms with Crippen LogP contribution in [0.3, 0.4) is 0 Å². The molecule has 1 heterocycles. The van der Waals surface area contributed by atoms with Gasteiger partial charge >= 0.3 is 6.18 Å². The van der Waals surface area contributed by atoms with Crippen LogP contribution >= 0.6 is 0 Å². The summed E-state index contributed by atoms with van der Waals surface area (Å²) in [6.45, 7) is 9.22. The number of halogens is 4. The van der Waals surface area contributed by atoms with Crippen molar-refractivity contribution in [1.29, 1.82) is 0 Å². The van der Waals surface area contributed by atoms with Crippen LogP contribution in [0.1, 0.15) is 38.3 Å². The molecule has 7 nitrogen and oxygen atoms in total. The molecule has 0 saturated heterocycles. The second-order valence-corrected chi connectivity index (χ2v) is 11.5. The van der Waals surface area contributed by atoms with Gasteiger partial charge < -0.3 is 10.6 Å². The van der Waals surface area contributed by atoms with Gasteiger partial charge in [0.15, 0.2) is 0 Å². The van der Waals surface area contributed by atoms with E-state index in [1.807, 2.05) is 13.8 Å². The number of amidine groups is 1. The summed E-state index contributed by atoms with van der Waals surface area (Å²) in [6, 6.07) is 8.42. The molecular formula is C26H30F4N4O3S. The van der Waals surface area contributed by atoms with Crippen LogP contribution in [0.4, 0.5) is 17.6 Å². The summed E-state index contributed by atoms with van der Waals surface area (Å²) < 4.78 is 80.2. The molecule has 0 saturated carbocycles. The second kappa shape index (κ2) is 11.2. The summed E-state index contributed by atoms with van der Waals surface area (Å²) in [4.78, 5) is 16.8. The third kappa shape index (κ3) is 6.98. The minimum absolute atomic E-state index is 0.0659. The summed E-state index contributed by atoms with van der Waals surface area (Å²) >= 11 is 0. The topological polar surface area (TPSA) is 90.9 Å². The molecule has 12 heteroatoms. The van der Waals surface area contributed by atoms with Crippen LogP contribution in [0.5, 0.6) is 0 Å². The van der Waals surface area contributed by atoms with Gasteiger partial charge in [0.25, 0.3) is 0 Å². The summed E-state index contributed by atoms with van der Waals surface area (Å²) in [6.07, 6.45) is -4.40. The standard InChI is InChI=1S/C26H30F4N4O3S/c1-17(2)32-24(35)25(4)16-31-23(33-25)18(3)13-14-34(38(36,37)22-11-9-21(27)10-12-22)15-19-5-7-20(8-6-19)26(28,29)30/h5-12,17H,3,13-16H2,1-2,4H3,(H,31,33)(H,32,35)/t25-/m1/s1. The monoisotopic (exact) mass is 554 g/mol. The Morgan fingerprint density at radius 1 is 1.16 bits per heavy atom. The molecule has 0 spiro atoms. The van der Waals surface area contributed by atoms with Crippen molar-refractivity contribution in [2.24, 2.45) is 4.99 Å². The maximum Gasteiger partial charge on any atom is 0.416 e. The van der Waals surface area contributed by atoms with Crippen LogP contribution in [-0.2, 0) is 27.5 Å². The molecule has 2 aromatic rings. The molecule has 1 amide bonds. The number of carbonyl (C=O) groups is 1. The number of amides is 1. The molecule has 0 aliphatic carbocycles. The van der Waals surface area contributed by atoms with Gasteiger partial charge in [0.1, 0.15) is 17.2 Å². The Morgan fingerprint density at radius 3 is 2.32 bits per heavy atom. The first-order chi connectivity index (χ1) is 17.6. The van der Waals surface area contributed by atoms with Gasteiger partial charge in [-0.05, 0) is 74.7 Å². The first-order valence-corrected chi connectivity index (χ1v) is 13.3. The number of hydrogen-bond donors (Lipinski definition) is 2. The lowest BCUT2D eigenvalue weighted by molar-refractivity contribution is -0.137. The van der Waals surface area contributed by atoms with Gasteiger partial charge in [-0.25, -0.2) is 12.8 Å². The van der Waals surface area contributed by atoms with Crippen LogP contribution in [-0.4, -0.2) is 49.1 Å². The van der Waals surface area contributed by atoms with Crippen molar-refractivity contribution in [3.63, 3.8) is 0 Å². The smallest absolute Gasteiger partial charge is 0.355 e. The molecular weight excluding hydrogens is 524 g/mol. The minimum Gasteiger partial charge on any atom is -0.355 e. The Labute approximate surface area is 219 Å². The minimum atomic E-state index is -4.52. The highest BCUT2D eigenvalue weighted by Gasteiger charge is 2.39. The molecule has 206 valence electrons. The van der Waals surface area contributed by atoms with E-state index in [-0.39, 0.29) is 42.9 Å². The normalized spacial score (nSPS) is 17.9. The third-order valence-corrected chi connectivity index (χ3v) is 7.82. The second-order valence-electron chi connectivity index (χ2n) is 9.59. The first kappa shape index (κ1) is 29.3. The number of aliphatic imine (C=N–C) groups is 1. The van der Waals surface area contributed by atoms with Gasteiger partial charge in [-0.1, -0.05) is 18.7 Å². The maximum atomic E-state index is 13.4. The molecule has 0 unspecified atom stereocenters. The largest absolute Gasteiger partial charge is 0.416 e. The lowest BCUT2D eigenvalue weighted by Crippen LogP contribution is -2.56. The van der Waals surface area contributed by atoms with Gasteiger partial charge in [0.05, 0.1) is 17.0 Å². The van der Waals surface area contributed by atoms with Crippen LogP contribution in [0, 0.1) is 5.82 Å². The Bertz CT molecular complexity index is 1310. The highest BCUT2D eigenvalue weighted by Crippen LogP contribution is 2.30. The molecule has 2 aromatic carbocycles. The number of rotatable bonds is 10. The summed E-state index contributed by atoms with van der Waals surface area (Å²) in [5, 5.41) is 5.89. The van der Waals surface area contributed by atoms with E-state index in [9.17, 15) is 30.8 Å². The van der Waals surface area contributed by atoms with E-state index in [1.54, 1.807) is 6.92 Å². The molecule has 1 aliphatic rings. The lowest BCUT2D eigenvalue weighted by atomic mass is 10.0. The van der Waals surface area contributed by atoms with Crippen LogP contribution < -0.4 is 10.6 Å². The Kier molecular flexibility index (Phi) is 8.67. The van der Waals surface area contributed by atoms with Crippen molar-refractivity contribution in [1.82, 2.24) is 14.9 Å². The van der Waals surface area contributed by atoms with Crippen LogP contribution in [0.2, 0.25) is 0 Å². The predicted molar refractivity (Wildman–Crippen MR) is 136 cm³/mol. The quantitative estimate of drug-likeness (QED) is 0.430. The van der Waals surface area contributed by atoms with E-state index < -0.39 is 33.1 Å². The van der Waals surface area contributed by atoms with Crippen molar-refractivity contribution in [3.8, 4) is 0 Å². The molecule has 1 atom stereocenters. The molecule has 3 rings (SSSR count). The number of benzene rings is 2. The number of hydrogen-bond acceptors (Lipinski definition) is 5. The fraction of sp³-hybridized carbons (Fsp3) is 0.385. The highest BCUT2D eigenvalue weighted by molar-refractivity contribution is 7.89. The van der Waals surface area contributed by atoms with Crippen LogP contribution in [0.25, 0.3) is 0 Å². The molecule has 0 bridgehead atoms. The average molecular weight is 555 g/mol. The van der Waals surface area contributed by atoms with Gasteiger partial charge in [-0.15, -0.1) is 0 Å². The van der Waals surface area contributed by atoms with E-state index in [0.717, 1.165) is 40.7 Å². The van der Waals surface area contributed by atoms with Crippen molar-refractivity contribution >= 4 is 21.8 Å². The molecule has 2 N–H and O–H groups in total. The van der Waals surface area contributed by atoms with E-state index in [0.29, 0.717) is 17.0 Å². The number of carbonyl (C=O) groups excluding carboxylic acids is 1. The van der Waals surface area contributed by atoms with Crippen molar-refractivity contribution < 1.29 is 30.8 Å². The lowest BCUT2D eigenvalue weighted by Gasteiger charge is -2.26. The van der Waals surface area contributed by atoms with Gasteiger partial charge in [0, 0.05) is 19.1 Å². The molecule has 1 aliphatic heterocycles. The van der Waals surface area contributed by atoms with E-state index >= 15 is 0 Å². The zero-order valence-electron chi connectivity index (χ0n) is 21.3. The molecule has 38 heavy (non-hydrogen) atoms. The summed E-state index contributed by atoms with van der Waals surface area (Å²) in [7, 11) is -4.14. The average Bonchev–Trinajstić information content (AvgIpc) is 3.24. The van der Waals surface area contributed by atoms with Crippen molar-refractivity contribution in [2.45, 2.75) is 56.4 Å². The Balaban J connectivity index is 1.78. The Morgan fingerprint density at radius 2 is 1.76 bits per heavy atom. The number of sulfonamides is 1. The predicted octanol–water partition coefficient (Wildman–Crippen LogP) is 4.27. The van der Waals surface area contributed by atoms with Crippen LogP contribution in [0.15, 0.2) is 70.6 Å². The first-order valence-electron chi connectivity index (χ1n) is 11.9. The fourth-order valence-corrected chi connectivity index (χ4v) is 5.18. The van der Waals surface area contributed by atoms with Gasteiger partial charge in [0.2, 0.25) is 15.9 Å². The number of nitrogens with one attached hydrogen (secondary N) is 2. The number of alkyl halides is 3. The maximum absolute atomic E-state index is 13.4. The van der Waals surface area contributed by atoms with E-state index in [4.69, 9.17) is 0 Å². The molecule has 0 aromatic heterocycles. The zero-order chi connectivity index (χ0) is 28.3. The zero-order valence-corrected chi connectivity index (χ0v) is 22.1. The summed E-state index contributed by atoms with van der Waals surface area (Å²) in [5.41, 5.74) is -1.04. The SMILES string of the molecule is C=C(CCN(Cc1ccc(C(F)(F)F)cc1)S(=O)(=O)c1ccc(F)cc1)C1=NC[C@](C)(C(=O)NC(C)C)N1. The molecule has 0 radical (unpaired) electrons. The Hall–Kier alpha value is -3.25. The fourth-order valence-electron chi connectivity index (χ4n) is 3.75. The van der Waals surface area contributed by atoms with Crippen molar-refractivity contribution in [3.05, 3.63) is 77.6 Å².